The smallest absolute Gasteiger partial charge is 0.167 e. The fourth-order valence-corrected chi connectivity index (χ4v) is 2.51. The van der Waals surface area contributed by atoms with E-state index in [0.717, 1.165) is 0 Å². The minimum absolute atomic E-state index is 0.000474. The van der Waals surface area contributed by atoms with Gasteiger partial charge in [-0.15, -0.1) is 0 Å². The van der Waals surface area contributed by atoms with Gasteiger partial charge in [-0.25, -0.2) is 14.4 Å². The van der Waals surface area contributed by atoms with Crippen molar-refractivity contribution in [2.75, 3.05) is 19.0 Å². The largest absolute Gasteiger partial charge is 0.493 e. The van der Waals surface area contributed by atoms with Gasteiger partial charge in [0.2, 0.25) is 0 Å². The molecule has 0 saturated heterocycles. The fourth-order valence-electron chi connectivity index (χ4n) is 2.33. The highest BCUT2D eigenvalue weighted by molar-refractivity contribution is 6.31. The van der Waals surface area contributed by atoms with Crippen LogP contribution in [0.1, 0.15) is 6.92 Å². The van der Waals surface area contributed by atoms with Gasteiger partial charge in [-0.05, 0) is 31.2 Å². The van der Waals surface area contributed by atoms with Gasteiger partial charge >= 0.3 is 0 Å². The van der Waals surface area contributed by atoms with Crippen molar-refractivity contribution in [2.45, 2.75) is 6.92 Å². The van der Waals surface area contributed by atoms with E-state index in [9.17, 15) is 9.18 Å². The Morgan fingerprint density at radius 2 is 2.04 bits per heavy atom. The van der Waals surface area contributed by atoms with Crippen molar-refractivity contribution in [3.63, 3.8) is 0 Å². The van der Waals surface area contributed by atoms with Gasteiger partial charge in [0.15, 0.2) is 17.3 Å². The Balaban J connectivity index is 2.03. The molecule has 0 atom stereocenters. The maximum absolute atomic E-state index is 13.3. The highest BCUT2D eigenvalue weighted by Gasteiger charge is 2.13. The summed E-state index contributed by atoms with van der Waals surface area (Å²) < 4.78 is 24.1. The molecule has 0 aliphatic carbocycles. The zero-order chi connectivity index (χ0) is 18.7. The van der Waals surface area contributed by atoms with Crippen LogP contribution in [0.25, 0.3) is 10.9 Å². The molecule has 0 saturated carbocycles. The number of Topliss-reactive ketones (excluding diaryl/α,β-unsaturated/α-hetero) is 1. The molecule has 26 heavy (non-hydrogen) atoms. The number of nitrogens with zero attached hydrogens (tertiary/aromatic N) is 2. The van der Waals surface area contributed by atoms with E-state index in [0.29, 0.717) is 33.9 Å². The zero-order valence-electron chi connectivity index (χ0n) is 14.0. The van der Waals surface area contributed by atoms with Crippen LogP contribution in [-0.4, -0.2) is 29.5 Å². The third kappa shape index (κ3) is 3.83. The molecular formula is C18H15ClFN3O3. The first-order valence-electron chi connectivity index (χ1n) is 7.65. The van der Waals surface area contributed by atoms with E-state index in [1.54, 1.807) is 18.2 Å². The molecule has 0 aliphatic heterocycles. The van der Waals surface area contributed by atoms with E-state index in [1.807, 2.05) is 0 Å². The number of aromatic nitrogens is 2. The predicted octanol–water partition coefficient (Wildman–Crippen LogP) is 4.14. The van der Waals surface area contributed by atoms with Crippen LogP contribution in [0.4, 0.5) is 15.9 Å². The summed E-state index contributed by atoms with van der Waals surface area (Å²) in [4.78, 5) is 19.6. The van der Waals surface area contributed by atoms with Crippen molar-refractivity contribution in [1.29, 1.82) is 0 Å². The summed E-state index contributed by atoms with van der Waals surface area (Å²) in [6.07, 6.45) is 1.39. The number of anilines is 2. The number of rotatable bonds is 6. The van der Waals surface area contributed by atoms with Gasteiger partial charge < -0.3 is 14.8 Å². The second-order valence-corrected chi connectivity index (χ2v) is 5.89. The molecule has 0 radical (unpaired) electrons. The number of ether oxygens (including phenoxy) is 2. The van der Waals surface area contributed by atoms with E-state index < -0.39 is 5.82 Å². The molecule has 0 aliphatic rings. The normalized spacial score (nSPS) is 10.6. The maximum atomic E-state index is 13.3. The lowest BCUT2D eigenvalue weighted by atomic mass is 10.2. The monoisotopic (exact) mass is 375 g/mol. The van der Waals surface area contributed by atoms with Crippen LogP contribution >= 0.6 is 11.6 Å². The van der Waals surface area contributed by atoms with E-state index >= 15 is 0 Å². The third-order valence-corrected chi connectivity index (χ3v) is 3.82. The molecule has 0 unspecified atom stereocenters. The van der Waals surface area contributed by atoms with Crippen molar-refractivity contribution in [1.82, 2.24) is 9.97 Å². The molecule has 134 valence electrons. The van der Waals surface area contributed by atoms with Crippen LogP contribution in [-0.2, 0) is 4.79 Å². The topological polar surface area (TPSA) is 73.3 Å². The molecule has 6 nitrogen and oxygen atoms in total. The maximum Gasteiger partial charge on any atom is 0.167 e. The Morgan fingerprint density at radius 1 is 1.23 bits per heavy atom. The fraction of sp³-hybridized carbons (Fsp3) is 0.167. The number of benzene rings is 2. The molecule has 1 N–H and O–H groups in total. The lowest BCUT2D eigenvalue weighted by molar-refractivity contribution is -0.118. The molecule has 3 aromatic rings. The first kappa shape index (κ1) is 17.9. The van der Waals surface area contributed by atoms with E-state index in [1.165, 1.54) is 32.5 Å². The minimum Gasteiger partial charge on any atom is -0.493 e. The van der Waals surface area contributed by atoms with Crippen LogP contribution in [0.3, 0.4) is 0 Å². The highest BCUT2D eigenvalue weighted by atomic mass is 35.5. The van der Waals surface area contributed by atoms with Gasteiger partial charge in [0.25, 0.3) is 0 Å². The van der Waals surface area contributed by atoms with Gasteiger partial charge in [-0.3, -0.25) is 4.79 Å². The molecule has 3 rings (SSSR count). The number of halogens is 2. The van der Waals surface area contributed by atoms with Crippen molar-refractivity contribution in [2.24, 2.45) is 0 Å². The number of carbonyl (C=O) groups is 1. The standard InChI is InChI=1S/C18H15ClFN3O3/c1-10(24)8-26-17-6-12-15(7-16(17)25-2)21-9-22-18(12)23-11-3-4-14(20)13(19)5-11/h3-7,9H,8H2,1-2H3,(H,21,22,23). The van der Waals surface area contributed by atoms with Gasteiger partial charge in [-0.1, -0.05) is 11.6 Å². The van der Waals surface area contributed by atoms with Gasteiger partial charge in [0, 0.05) is 17.1 Å². The number of carbonyl (C=O) groups excluding carboxylic acids is 1. The Bertz CT molecular complexity index is 981. The molecule has 2 aromatic carbocycles. The van der Waals surface area contributed by atoms with E-state index in [4.69, 9.17) is 21.1 Å². The molecule has 1 heterocycles. The van der Waals surface area contributed by atoms with E-state index in [2.05, 4.69) is 15.3 Å². The zero-order valence-corrected chi connectivity index (χ0v) is 14.8. The Kier molecular flexibility index (Phi) is 5.18. The average Bonchev–Trinajstić information content (AvgIpc) is 2.62. The summed E-state index contributed by atoms with van der Waals surface area (Å²) in [6.45, 7) is 1.35. The molecule has 0 bridgehead atoms. The number of methoxy groups -OCH3 is 1. The SMILES string of the molecule is COc1cc2ncnc(Nc3ccc(F)c(Cl)c3)c2cc1OCC(C)=O. The summed E-state index contributed by atoms with van der Waals surface area (Å²) in [5.74, 6) is 0.705. The average molecular weight is 376 g/mol. The van der Waals surface area contributed by atoms with Crippen LogP contribution in [0.15, 0.2) is 36.7 Å². The van der Waals surface area contributed by atoms with Crippen molar-refractivity contribution < 1.29 is 18.7 Å². The quantitative estimate of drug-likeness (QED) is 0.698. The van der Waals surface area contributed by atoms with Crippen LogP contribution in [0.5, 0.6) is 11.5 Å². The van der Waals surface area contributed by atoms with Crippen molar-refractivity contribution in [3.05, 3.63) is 47.5 Å². The first-order valence-corrected chi connectivity index (χ1v) is 8.03. The highest BCUT2D eigenvalue weighted by Crippen LogP contribution is 2.35. The van der Waals surface area contributed by atoms with Crippen LogP contribution < -0.4 is 14.8 Å². The Hall–Kier alpha value is -2.93. The lowest BCUT2D eigenvalue weighted by Gasteiger charge is -2.13. The summed E-state index contributed by atoms with van der Waals surface area (Å²) in [5.41, 5.74) is 1.18. The lowest BCUT2D eigenvalue weighted by Crippen LogP contribution is -2.07. The summed E-state index contributed by atoms with van der Waals surface area (Å²) >= 11 is 5.82. The van der Waals surface area contributed by atoms with Gasteiger partial charge in [-0.2, -0.15) is 0 Å². The van der Waals surface area contributed by atoms with Crippen molar-refractivity contribution in [3.8, 4) is 11.5 Å². The predicted molar refractivity (Wildman–Crippen MR) is 97.0 cm³/mol. The number of nitrogens with one attached hydrogen (secondary N) is 1. The number of hydrogen-bond donors (Lipinski definition) is 1. The summed E-state index contributed by atoms with van der Waals surface area (Å²) in [5, 5.41) is 3.73. The second kappa shape index (κ2) is 7.53. The number of ketones is 1. The van der Waals surface area contributed by atoms with Gasteiger partial charge in [0.1, 0.15) is 24.6 Å². The molecular weight excluding hydrogens is 361 g/mol. The molecule has 1 aromatic heterocycles. The van der Waals surface area contributed by atoms with E-state index in [-0.39, 0.29) is 17.4 Å². The Morgan fingerprint density at radius 3 is 2.73 bits per heavy atom. The molecule has 0 fully saturated rings. The minimum atomic E-state index is -0.505. The van der Waals surface area contributed by atoms with Gasteiger partial charge in [0.05, 0.1) is 17.6 Å². The van der Waals surface area contributed by atoms with Crippen LogP contribution in [0, 0.1) is 5.82 Å². The summed E-state index contributed by atoms with van der Waals surface area (Å²) in [6, 6.07) is 7.64. The van der Waals surface area contributed by atoms with Crippen LogP contribution in [0.2, 0.25) is 5.02 Å². The molecule has 0 spiro atoms. The number of hydrogen-bond acceptors (Lipinski definition) is 6. The summed E-state index contributed by atoms with van der Waals surface area (Å²) in [7, 11) is 1.50. The Labute approximate surface area is 153 Å². The molecule has 8 heteroatoms. The number of fused-ring (bicyclic) bond motifs is 1. The third-order valence-electron chi connectivity index (χ3n) is 3.53. The van der Waals surface area contributed by atoms with Crippen molar-refractivity contribution >= 4 is 39.8 Å². The first-order chi connectivity index (χ1) is 12.5. The second-order valence-electron chi connectivity index (χ2n) is 5.49. The molecule has 0 amide bonds.